The zero-order chi connectivity index (χ0) is 13.1. The van der Waals surface area contributed by atoms with Crippen molar-refractivity contribution < 1.29 is 0 Å². The molecule has 0 radical (unpaired) electrons. The number of nitrogens with zero attached hydrogens (tertiary/aromatic N) is 2. The van der Waals surface area contributed by atoms with Gasteiger partial charge in [0.05, 0.1) is 13.1 Å². The van der Waals surface area contributed by atoms with Crippen molar-refractivity contribution in [2.75, 3.05) is 0 Å². The van der Waals surface area contributed by atoms with Crippen molar-refractivity contribution in [1.29, 1.82) is 0 Å². The third kappa shape index (κ3) is 2.10. The van der Waals surface area contributed by atoms with E-state index >= 15 is 0 Å². The predicted molar refractivity (Wildman–Crippen MR) is 73.9 cm³/mol. The minimum absolute atomic E-state index is 0.659. The van der Waals surface area contributed by atoms with Gasteiger partial charge in [-0.25, -0.2) is 9.69 Å². The van der Waals surface area contributed by atoms with Gasteiger partial charge in [0.25, 0.3) is 0 Å². The van der Waals surface area contributed by atoms with Gasteiger partial charge in [-0.2, -0.15) is 0 Å². The van der Waals surface area contributed by atoms with Crippen LogP contribution in [0.1, 0.15) is 11.1 Å². The lowest BCUT2D eigenvalue weighted by Crippen LogP contribution is -1.86. The maximum absolute atomic E-state index is 7.00. The van der Waals surface area contributed by atoms with E-state index in [9.17, 15) is 0 Å². The minimum atomic E-state index is 0.659. The molecule has 86 valence electrons. The average molecular weight is 232 g/mol. The topological polar surface area (TPSA) is 8.72 Å². The zero-order valence-electron chi connectivity index (χ0n) is 10.4. The molecule has 2 aromatic carbocycles. The van der Waals surface area contributed by atoms with Gasteiger partial charge in [-0.3, -0.25) is 0 Å². The van der Waals surface area contributed by atoms with Crippen molar-refractivity contribution in [2.24, 2.45) is 0 Å². The first-order valence-electron chi connectivity index (χ1n) is 5.62. The largest absolute Gasteiger partial charge is 0.238 e. The van der Waals surface area contributed by atoms with E-state index < -0.39 is 0 Å². The SMILES string of the molecule is [C-]#[N+]c1ccc(-c2ccc([N+]#[C-])cc2C)c(C)c1. The maximum Gasteiger partial charge on any atom is 0.187 e. The first-order chi connectivity index (χ1) is 8.65. The van der Waals surface area contributed by atoms with Crippen LogP contribution in [0.3, 0.4) is 0 Å². The van der Waals surface area contributed by atoms with Crippen LogP contribution in [0.2, 0.25) is 0 Å². The van der Waals surface area contributed by atoms with E-state index in [2.05, 4.69) is 9.69 Å². The molecule has 0 fully saturated rings. The molecular formula is C16H12N2. The molecule has 0 atom stereocenters. The molecule has 2 nitrogen and oxygen atoms in total. The van der Waals surface area contributed by atoms with Crippen molar-refractivity contribution in [3.8, 4) is 11.1 Å². The fourth-order valence-corrected chi connectivity index (χ4v) is 2.04. The zero-order valence-corrected chi connectivity index (χ0v) is 10.4. The summed E-state index contributed by atoms with van der Waals surface area (Å²) in [6, 6.07) is 11.4. The van der Waals surface area contributed by atoms with Crippen molar-refractivity contribution in [3.05, 3.63) is 70.4 Å². The highest BCUT2D eigenvalue weighted by Crippen LogP contribution is 2.31. The Morgan fingerprint density at radius 2 is 1.11 bits per heavy atom. The summed E-state index contributed by atoms with van der Waals surface area (Å²) in [5.74, 6) is 0. The number of hydrogen-bond donors (Lipinski definition) is 0. The Labute approximate surface area is 107 Å². The van der Waals surface area contributed by atoms with Gasteiger partial charge in [-0.15, -0.1) is 0 Å². The predicted octanol–water partition coefficient (Wildman–Crippen LogP) is 5.07. The first kappa shape index (κ1) is 11.9. The molecule has 0 aliphatic heterocycles. The maximum atomic E-state index is 7.00. The molecule has 0 bridgehead atoms. The Balaban J connectivity index is 2.57. The normalized spacial score (nSPS) is 9.56. The van der Waals surface area contributed by atoms with Gasteiger partial charge in [0.2, 0.25) is 0 Å². The summed E-state index contributed by atoms with van der Waals surface area (Å²) >= 11 is 0. The molecule has 18 heavy (non-hydrogen) atoms. The quantitative estimate of drug-likeness (QED) is 0.607. The highest BCUT2D eigenvalue weighted by Gasteiger charge is 2.06. The number of hydrogen-bond acceptors (Lipinski definition) is 0. The lowest BCUT2D eigenvalue weighted by Gasteiger charge is -2.10. The van der Waals surface area contributed by atoms with Crippen LogP contribution in [-0.2, 0) is 0 Å². The highest BCUT2D eigenvalue weighted by atomic mass is 14.6. The second-order valence-electron chi connectivity index (χ2n) is 4.22. The van der Waals surface area contributed by atoms with Crippen molar-refractivity contribution >= 4 is 11.4 Å². The van der Waals surface area contributed by atoms with Gasteiger partial charge in [-0.05, 0) is 25.0 Å². The molecule has 2 rings (SSSR count). The van der Waals surface area contributed by atoms with Crippen LogP contribution in [0.25, 0.3) is 20.8 Å². The van der Waals surface area contributed by atoms with Crippen molar-refractivity contribution in [1.82, 2.24) is 0 Å². The van der Waals surface area contributed by atoms with Gasteiger partial charge in [0.15, 0.2) is 11.4 Å². The molecule has 0 aliphatic rings. The molecule has 0 amide bonds. The molecule has 2 heteroatoms. The average Bonchev–Trinajstić information content (AvgIpc) is 2.39. The summed E-state index contributed by atoms with van der Waals surface area (Å²) in [4.78, 5) is 6.85. The lowest BCUT2D eigenvalue weighted by atomic mass is 9.96. The van der Waals surface area contributed by atoms with Crippen LogP contribution in [0, 0.1) is 27.0 Å². The van der Waals surface area contributed by atoms with E-state index in [0.29, 0.717) is 11.4 Å². The molecule has 0 unspecified atom stereocenters. The number of aryl methyl sites for hydroxylation is 2. The van der Waals surface area contributed by atoms with Gasteiger partial charge in [0.1, 0.15) is 0 Å². The Bertz CT molecular complexity index is 624. The summed E-state index contributed by atoms with van der Waals surface area (Å²) < 4.78 is 0. The second-order valence-corrected chi connectivity index (χ2v) is 4.22. The fraction of sp³-hybridized carbons (Fsp3) is 0.125. The molecule has 0 spiro atoms. The van der Waals surface area contributed by atoms with E-state index in [1.807, 2.05) is 50.2 Å². The van der Waals surface area contributed by atoms with Crippen LogP contribution >= 0.6 is 0 Å². The van der Waals surface area contributed by atoms with Crippen LogP contribution in [0.15, 0.2) is 36.4 Å². The summed E-state index contributed by atoms with van der Waals surface area (Å²) in [6.07, 6.45) is 0. The molecule has 0 aliphatic carbocycles. The Morgan fingerprint density at radius 1 is 0.722 bits per heavy atom. The summed E-state index contributed by atoms with van der Waals surface area (Å²) in [7, 11) is 0. The highest BCUT2D eigenvalue weighted by molar-refractivity contribution is 5.74. The van der Waals surface area contributed by atoms with Crippen molar-refractivity contribution in [3.63, 3.8) is 0 Å². The van der Waals surface area contributed by atoms with E-state index in [0.717, 1.165) is 22.3 Å². The Morgan fingerprint density at radius 3 is 1.39 bits per heavy atom. The third-order valence-corrected chi connectivity index (χ3v) is 2.97. The van der Waals surface area contributed by atoms with E-state index in [-0.39, 0.29) is 0 Å². The first-order valence-corrected chi connectivity index (χ1v) is 5.62. The molecule has 0 saturated heterocycles. The Kier molecular flexibility index (Phi) is 3.13. The van der Waals surface area contributed by atoms with Crippen molar-refractivity contribution in [2.45, 2.75) is 13.8 Å². The summed E-state index contributed by atoms with van der Waals surface area (Å²) in [6.45, 7) is 18.0. The molecule has 0 aromatic heterocycles. The Hall–Kier alpha value is -2.58. The summed E-state index contributed by atoms with van der Waals surface area (Å²) in [5, 5.41) is 0. The summed E-state index contributed by atoms with van der Waals surface area (Å²) in [5.41, 5.74) is 5.73. The number of rotatable bonds is 1. The van der Waals surface area contributed by atoms with Gasteiger partial charge in [0, 0.05) is 0 Å². The smallest absolute Gasteiger partial charge is 0.187 e. The molecular weight excluding hydrogens is 220 g/mol. The van der Waals surface area contributed by atoms with Crippen LogP contribution < -0.4 is 0 Å². The van der Waals surface area contributed by atoms with E-state index in [1.54, 1.807) is 0 Å². The van der Waals surface area contributed by atoms with Crippen LogP contribution in [0.4, 0.5) is 11.4 Å². The molecule has 0 heterocycles. The van der Waals surface area contributed by atoms with Gasteiger partial charge in [-0.1, -0.05) is 47.5 Å². The third-order valence-electron chi connectivity index (χ3n) is 2.97. The van der Waals surface area contributed by atoms with Gasteiger partial charge < -0.3 is 0 Å². The van der Waals surface area contributed by atoms with Gasteiger partial charge >= 0.3 is 0 Å². The molecule has 0 saturated carbocycles. The monoisotopic (exact) mass is 232 g/mol. The number of benzene rings is 2. The van der Waals surface area contributed by atoms with E-state index in [1.165, 1.54) is 0 Å². The molecule has 2 aromatic rings. The van der Waals surface area contributed by atoms with Crippen LogP contribution in [-0.4, -0.2) is 0 Å². The van der Waals surface area contributed by atoms with Crippen LogP contribution in [0.5, 0.6) is 0 Å². The second kappa shape index (κ2) is 4.73. The standard InChI is InChI=1S/C16H12N2/c1-11-9-13(17-3)5-7-15(11)16-8-6-14(18-4)10-12(16)2/h5-10H,1-2H3. The molecule has 0 N–H and O–H groups in total. The minimum Gasteiger partial charge on any atom is -0.238 e. The fourth-order valence-electron chi connectivity index (χ4n) is 2.04. The van der Waals surface area contributed by atoms with E-state index in [4.69, 9.17) is 13.1 Å². The lowest BCUT2D eigenvalue weighted by molar-refractivity contribution is 1.41.